The zero-order chi connectivity index (χ0) is 14.2. The second-order valence-electron chi connectivity index (χ2n) is 4.59. The van der Waals surface area contributed by atoms with Crippen molar-refractivity contribution in [3.05, 3.63) is 83.9 Å². The van der Waals surface area contributed by atoms with Gasteiger partial charge in [0.2, 0.25) is 0 Å². The third-order valence-electron chi connectivity index (χ3n) is 3.09. The number of Topliss-reactive ketones (excluding diaryl/α,β-unsaturated/α-hetero) is 1. The second-order valence-corrected chi connectivity index (χ2v) is 4.59. The van der Waals surface area contributed by atoms with E-state index in [0.29, 0.717) is 11.1 Å². The van der Waals surface area contributed by atoms with Crippen molar-refractivity contribution in [1.82, 2.24) is 0 Å². The molecule has 1 atom stereocenters. The number of hydrogen-bond acceptors (Lipinski definition) is 2. The number of benzene rings is 2. The van der Waals surface area contributed by atoms with Crippen molar-refractivity contribution in [2.75, 3.05) is 0 Å². The molecule has 0 saturated carbocycles. The highest BCUT2D eigenvalue weighted by molar-refractivity contribution is 5.99. The molecule has 0 bridgehead atoms. The van der Waals surface area contributed by atoms with Gasteiger partial charge in [0.05, 0.1) is 0 Å². The molecule has 20 heavy (non-hydrogen) atoms. The fourth-order valence-corrected chi connectivity index (χ4v) is 1.71. The van der Waals surface area contributed by atoms with Crippen LogP contribution in [0.1, 0.15) is 34.9 Å². The maximum absolute atomic E-state index is 11.9. The summed E-state index contributed by atoms with van der Waals surface area (Å²) in [6.07, 6.45) is 5.92. The number of carbonyl (C=O) groups is 1. The third-order valence-corrected chi connectivity index (χ3v) is 3.09. The molecule has 0 aromatic heterocycles. The molecule has 0 heterocycles. The van der Waals surface area contributed by atoms with Crippen LogP contribution in [0.2, 0.25) is 0 Å². The Kier molecular flexibility index (Phi) is 5.27. The summed E-state index contributed by atoms with van der Waals surface area (Å²) < 4.78 is 0. The highest BCUT2D eigenvalue weighted by atomic mass is 16.3. The molecule has 2 aromatic rings. The molecule has 0 spiro atoms. The van der Waals surface area contributed by atoms with Gasteiger partial charge in [-0.3, -0.25) is 4.79 Å². The van der Waals surface area contributed by atoms with Gasteiger partial charge in [0.25, 0.3) is 0 Å². The van der Waals surface area contributed by atoms with Gasteiger partial charge in [-0.1, -0.05) is 72.8 Å². The molecule has 0 radical (unpaired) electrons. The minimum absolute atomic E-state index is 0.271. The van der Waals surface area contributed by atoms with Crippen LogP contribution in [0.3, 0.4) is 0 Å². The molecule has 2 aromatic carbocycles. The van der Waals surface area contributed by atoms with Crippen LogP contribution in [-0.2, 0) is 0 Å². The van der Waals surface area contributed by atoms with E-state index in [9.17, 15) is 9.90 Å². The van der Waals surface area contributed by atoms with Crippen molar-refractivity contribution in [3.8, 4) is 0 Å². The summed E-state index contributed by atoms with van der Waals surface area (Å²) in [5.41, 5.74) is 1.15. The van der Waals surface area contributed by atoms with E-state index in [4.69, 9.17) is 0 Å². The smallest absolute Gasteiger partial charge is 0.195 e. The van der Waals surface area contributed by atoms with Gasteiger partial charge >= 0.3 is 0 Å². The van der Waals surface area contributed by atoms with Gasteiger partial charge < -0.3 is 5.11 Å². The maximum atomic E-state index is 11.9. The van der Waals surface area contributed by atoms with Crippen LogP contribution in [0.5, 0.6) is 0 Å². The summed E-state index contributed by atoms with van der Waals surface area (Å²) >= 11 is 0. The minimum Gasteiger partial charge on any atom is -0.380 e. The van der Waals surface area contributed by atoms with Gasteiger partial charge in [-0.2, -0.15) is 0 Å². The van der Waals surface area contributed by atoms with Crippen molar-refractivity contribution < 1.29 is 9.90 Å². The Balaban J connectivity index is 0.000000315. The van der Waals surface area contributed by atoms with E-state index in [1.54, 1.807) is 48.5 Å². The standard InChI is InChI=1S/C14H12O2.C4H6/c15-13(11-7-3-1-4-8-11)14(16)12-9-5-2-6-10-12;1-2-4-3-1/h1-10,13,15H;1-2H,3-4H2. The van der Waals surface area contributed by atoms with E-state index in [1.165, 1.54) is 12.8 Å². The predicted octanol–water partition coefficient (Wildman–Crippen LogP) is 3.94. The van der Waals surface area contributed by atoms with Crippen molar-refractivity contribution in [1.29, 1.82) is 0 Å². The molecule has 1 aliphatic carbocycles. The molecule has 0 fully saturated rings. The third kappa shape index (κ3) is 3.90. The highest BCUT2D eigenvalue weighted by Gasteiger charge is 2.18. The number of allylic oxidation sites excluding steroid dienone is 2. The van der Waals surface area contributed by atoms with Crippen molar-refractivity contribution >= 4 is 5.78 Å². The maximum Gasteiger partial charge on any atom is 0.195 e. The quantitative estimate of drug-likeness (QED) is 0.675. The summed E-state index contributed by atoms with van der Waals surface area (Å²) in [6.45, 7) is 0. The predicted molar refractivity (Wildman–Crippen MR) is 80.5 cm³/mol. The fraction of sp³-hybridized carbons (Fsp3) is 0.167. The largest absolute Gasteiger partial charge is 0.380 e. The summed E-state index contributed by atoms with van der Waals surface area (Å²) in [5.74, 6) is -0.271. The van der Waals surface area contributed by atoms with Crippen LogP contribution in [0.4, 0.5) is 0 Å². The number of hydrogen-bond donors (Lipinski definition) is 1. The lowest BCUT2D eigenvalue weighted by molar-refractivity contribution is 0.0747. The number of ketones is 1. The molecule has 1 N–H and O–H groups in total. The van der Waals surface area contributed by atoms with E-state index in [2.05, 4.69) is 12.2 Å². The first-order valence-corrected chi connectivity index (χ1v) is 6.76. The van der Waals surface area contributed by atoms with Crippen LogP contribution in [-0.4, -0.2) is 10.9 Å². The lowest BCUT2D eigenvalue weighted by Gasteiger charge is -2.09. The molecular weight excluding hydrogens is 248 g/mol. The Morgan fingerprint density at radius 2 is 1.30 bits per heavy atom. The number of aliphatic hydroxyl groups is 1. The topological polar surface area (TPSA) is 37.3 Å². The molecule has 0 aliphatic heterocycles. The first-order valence-electron chi connectivity index (χ1n) is 6.76. The summed E-state index contributed by atoms with van der Waals surface area (Å²) in [7, 11) is 0. The van der Waals surface area contributed by atoms with E-state index in [-0.39, 0.29) is 5.78 Å². The Labute approximate surface area is 119 Å². The SMILES string of the molecule is C1=CCC1.O=C(c1ccccc1)C(O)c1ccccc1. The number of carbonyl (C=O) groups excluding carboxylic acids is 1. The monoisotopic (exact) mass is 266 g/mol. The van der Waals surface area contributed by atoms with E-state index >= 15 is 0 Å². The van der Waals surface area contributed by atoms with Crippen molar-refractivity contribution in [2.24, 2.45) is 0 Å². The molecule has 1 unspecified atom stereocenters. The van der Waals surface area contributed by atoms with Gasteiger partial charge in [-0.05, 0) is 18.4 Å². The molecule has 2 nitrogen and oxygen atoms in total. The Morgan fingerprint density at radius 1 is 0.850 bits per heavy atom. The lowest BCUT2D eigenvalue weighted by atomic mass is 10.0. The molecular formula is C18H18O2. The number of rotatable bonds is 3. The summed E-state index contributed by atoms with van der Waals surface area (Å²) in [4.78, 5) is 11.9. The molecule has 2 heteroatoms. The van der Waals surface area contributed by atoms with E-state index in [0.717, 1.165) is 0 Å². The fourth-order valence-electron chi connectivity index (χ4n) is 1.71. The van der Waals surface area contributed by atoms with Crippen molar-refractivity contribution in [2.45, 2.75) is 18.9 Å². The number of aliphatic hydroxyl groups excluding tert-OH is 1. The minimum atomic E-state index is -1.08. The lowest BCUT2D eigenvalue weighted by Crippen LogP contribution is -2.11. The molecule has 0 amide bonds. The van der Waals surface area contributed by atoms with Gasteiger partial charge in [-0.25, -0.2) is 0 Å². The van der Waals surface area contributed by atoms with Crippen LogP contribution >= 0.6 is 0 Å². The van der Waals surface area contributed by atoms with Crippen LogP contribution < -0.4 is 0 Å². The van der Waals surface area contributed by atoms with E-state index < -0.39 is 6.10 Å². The molecule has 3 rings (SSSR count). The first kappa shape index (κ1) is 14.2. The zero-order valence-electron chi connectivity index (χ0n) is 11.3. The molecule has 1 aliphatic rings. The Hall–Kier alpha value is -2.19. The van der Waals surface area contributed by atoms with Gasteiger partial charge in [0, 0.05) is 5.56 Å². The van der Waals surface area contributed by atoms with Crippen LogP contribution in [0.25, 0.3) is 0 Å². The summed E-state index contributed by atoms with van der Waals surface area (Å²) in [5, 5.41) is 9.89. The zero-order valence-corrected chi connectivity index (χ0v) is 11.3. The average molecular weight is 266 g/mol. The first-order chi connectivity index (χ1) is 9.79. The Morgan fingerprint density at radius 3 is 1.75 bits per heavy atom. The highest BCUT2D eigenvalue weighted by Crippen LogP contribution is 2.17. The second kappa shape index (κ2) is 7.41. The van der Waals surface area contributed by atoms with Crippen LogP contribution in [0.15, 0.2) is 72.8 Å². The van der Waals surface area contributed by atoms with Crippen LogP contribution in [0, 0.1) is 0 Å². The normalized spacial score (nSPS) is 13.7. The van der Waals surface area contributed by atoms with Gasteiger partial charge in [0.1, 0.15) is 6.10 Å². The molecule has 102 valence electrons. The van der Waals surface area contributed by atoms with Gasteiger partial charge in [0.15, 0.2) is 5.78 Å². The summed E-state index contributed by atoms with van der Waals surface area (Å²) in [6, 6.07) is 17.7. The van der Waals surface area contributed by atoms with Crippen molar-refractivity contribution in [3.63, 3.8) is 0 Å². The Bertz CT molecular complexity index is 552. The molecule has 0 saturated heterocycles. The van der Waals surface area contributed by atoms with E-state index in [1.807, 2.05) is 12.1 Å². The van der Waals surface area contributed by atoms with Gasteiger partial charge in [-0.15, -0.1) is 0 Å². The average Bonchev–Trinajstić information content (AvgIpc) is 2.46.